The molecule has 0 amide bonds. The van der Waals surface area contributed by atoms with Gasteiger partial charge in [-0.25, -0.2) is 8.42 Å². The van der Waals surface area contributed by atoms with Crippen molar-refractivity contribution in [3.05, 3.63) is 0 Å². The van der Waals surface area contributed by atoms with E-state index in [0.29, 0.717) is 31.1 Å². The molecule has 5 nitrogen and oxygen atoms in total. The van der Waals surface area contributed by atoms with Gasteiger partial charge in [0.25, 0.3) is 10.1 Å². The van der Waals surface area contributed by atoms with E-state index in [2.05, 4.69) is 6.92 Å². The van der Waals surface area contributed by atoms with Crippen LogP contribution < -0.4 is 0 Å². The first-order valence-corrected chi connectivity index (χ1v) is 10.1. The summed E-state index contributed by atoms with van der Waals surface area (Å²) in [4.78, 5) is 0. The average molecular weight is 310 g/mol. The molecular formula is C12H22O5S2. The summed E-state index contributed by atoms with van der Waals surface area (Å²) in [6, 6.07) is 0. The molecule has 0 spiro atoms. The monoisotopic (exact) mass is 310 g/mol. The highest BCUT2D eigenvalue weighted by Gasteiger charge is 2.50. The fourth-order valence-electron chi connectivity index (χ4n) is 3.96. The molecule has 2 fully saturated rings. The van der Waals surface area contributed by atoms with Crippen molar-refractivity contribution in [3.63, 3.8) is 0 Å². The molecule has 19 heavy (non-hydrogen) atoms. The maximum Gasteiger partial charge on any atom is 0.265 e. The fraction of sp³-hybridized carbons (Fsp3) is 1.00. The fourth-order valence-corrected chi connectivity index (χ4v) is 7.59. The quantitative estimate of drug-likeness (QED) is 0.798. The maximum absolute atomic E-state index is 12.5. The lowest BCUT2D eigenvalue weighted by Crippen LogP contribution is -2.49. The van der Waals surface area contributed by atoms with Crippen LogP contribution in [0.4, 0.5) is 0 Å². The van der Waals surface area contributed by atoms with E-state index in [4.69, 9.17) is 4.55 Å². The van der Waals surface area contributed by atoms with Crippen LogP contribution in [0.3, 0.4) is 0 Å². The van der Waals surface area contributed by atoms with E-state index in [1.54, 1.807) is 0 Å². The SMILES string of the molecule is CC1CC2CCC[C@](S(=O)(=O)CCS(=O)(=O)O)(C1)C2. The molecule has 0 aromatic carbocycles. The summed E-state index contributed by atoms with van der Waals surface area (Å²) in [5.41, 5.74) is 0. The topological polar surface area (TPSA) is 88.5 Å². The van der Waals surface area contributed by atoms with Crippen molar-refractivity contribution >= 4 is 20.0 Å². The van der Waals surface area contributed by atoms with Crippen molar-refractivity contribution in [3.8, 4) is 0 Å². The van der Waals surface area contributed by atoms with Crippen molar-refractivity contribution in [2.24, 2.45) is 11.8 Å². The minimum absolute atomic E-state index is 0.375. The van der Waals surface area contributed by atoms with Gasteiger partial charge in [0.15, 0.2) is 9.84 Å². The first-order chi connectivity index (χ1) is 8.64. The Bertz CT molecular complexity index is 532. The van der Waals surface area contributed by atoms with Gasteiger partial charge in [-0.05, 0) is 37.5 Å². The zero-order chi connectivity index (χ0) is 14.3. The zero-order valence-corrected chi connectivity index (χ0v) is 12.8. The third-order valence-corrected chi connectivity index (χ3v) is 8.21. The molecule has 2 rings (SSSR count). The highest BCUT2D eigenvalue weighted by molar-refractivity contribution is 7.94. The second kappa shape index (κ2) is 5.00. The van der Waals surface area contributed by atoms with Gasteiger partial charge >= 0.3 is 0 Å². The smallest absolute Gasteiger partial charge is 0.265 e. The lowest BCUT2D eigenvalue weighted by atomic mass is 9.68. The molecule has 0 aliphatic heterocycles. The van der Waals surface area contributed by atoms with Crippen LogP contribution >= 0.6 is 0 Å². The molecule has 2 aliphatic rings. The molecule has 0 saturated heterocycles. The summed E-state index contributed by atoms with van der Waals surface area (Å²) < 4.78 is 54.7. The van der Waals surface area contributed by atoms with Crippen LogP contribution in [0.15, 0.2) is 0 Å². The maximum atomic E-state index is 12.5. The van der Waals surface area contributed by atoms with Gasteiger partial charge in [-0.3, -0.25) is 4.55 Å². The van der Waals surface area contributed by atoms with Crippen LogP contribution in [0.1, 0.15) is 45.4 Å². The molecule has 1 N–H and O–H groups in total. The predicted molar refractivity (Wildman–Crippen MR) is 73.3 cm³/mol. The highest BCUT2D eigenvalue weighted by Crippen LogP contribution is 2.49. The number of sulfone groups is 1. The normalized spacial score (nSPS) is 36.1. The van der Waals surface area contributed by atoms with Crippen LogP contribution in [0, 0.1) is 11.8 Å². The third-order valence-electron chi connectivity index (χ3n) is 4.63. The van der Waals surface area contributed by atoms with Crippen molar-refractivity contribution in [2.45, 2.75) is 50.2 Å². The number of fused-ring (bicyclic) bond motifs is 2. The first kappa shape index (κ1) is 15.3. The Kier molecular flexibility index (Phi) is 4.02. The Morgan fingerprint density at radius 1 is 1.16 bits per heavy atom. The van der Waals surface area contributed by atoms with Crippen LogP contribution in [-0.4, -0.2) is 37.6 Å². The van der Waals surface area contributed by atoms with Crippen molar-refractivity contribution < 1.29 is 21.4 Å². The number of hydrogen-bond acceptors (Lipinski definition) is 4. The Morgan fingerprint density at radius 2 is 1.84 bits per heavy atom. The standard InChI is InChI=1S/C12H22O5S2/c1-10-7-11-3-2-4-12(8-10,9-11)18(13,14)5-6-19(15,16)17/h10-11H,2-9H2,1H3,(H,15,16,17)/t10?,11?,12-/m0/s1. The predicted octanol–water partition coefficient (Wildman–Crippen LogP) is 1.65. The number of rotatable bonds is 4. The van der Waals surface area contributed by atoms with E-state index in [1.165, 1.54) is 0 Å². The lowest BCUT2D eigenvalue weighted by molar-refractivity contribution is 0.163. The van der Waals surface area contributed by atoms with Gasteiger partial charge in [0, 0.05) is 0 Å². The van der Waals surface area contributed by atoms with E-state index >= 15 is 0 Å². The van der Waals surface area contributed by atoms with Crippen LogP contribution in [0.25, 0.3) is 0 Å². The van der Waals surface area contributed by atoms with Gasteiger partial charge in [-0.15, -0.1) is 0 Å². The zero-order valence-electron chi connectivity index (χ0n) is 11.2. The van der Waals surface area contributed by atoms with E-state index in [1.807, 2.05) is 0 Å². The molecule has 2 bridgehead atoms. The summed E-state index contributed by atoms with van der Waals surface area (Å²) in [5.74, 6) is -0.306. The van der Waals surface area contributed by atoms with Gasteiger partial charge in [0.1, 0.15) is 0 Å². The van der Waals surface area contributed by atoms with E-state index < -0.39 is 36.2 Å². The Labute approximate surface area is 115 Å². The Morgan fingerprint density at radius 3 is 2.47 bits per heavy atom. The average Bonchev–Trinajstić information content (AvgIpc) is 2.24. The van der Waals surface area contributed by atoms with Crippen LogP contribution in [0.2, 0.25) is 0 Å². The minimum atomic E-state index is -4.22. The van der Waals surface area contributed by atoms with Gasteiger partial charge in [0.05, 0.1) is 16.3 Å². The molecular weight excluding hydrogens is 288 g/mol. The summed E-state index contributed by atoms with van der Waals surface area (Å²) in [5, 5.41) is 0. The number of hydrogen-bond donors (Lipinski definition) is 1. The molecule has 2 saturated carbocycles. The molecule has 0 radical (unpaired) electrons. The minimum Gasteiger partial charge on any atom is -0.286 e. The molecule has 0 heterocycles. The van der Waals surface area contributed by atoms with Crippen LogP contribution in [0.5, 0.6) is 0 Å². The second-order valence-corrected chi connectivity index (χ2v) is 10.4. The summed E-state index contributed by atoms with van der Waals surface area (Å²) in [6.45, 7) is 2.07. The van der Waals surface area contributed by atoms with Crippen LogP contribution in [-0.2, 0) is 20.0 Å². The molecule has 0 aromatic heterocycles. The molecule has 2 aliphatic carbocycles. The first-order valence-electron chi connectivity index (χ1n) is 6.81. The molecule has 112 valence electrons. The van der Waals surface area contributed by atoms with E-state index in [9.17, 15) is 16.8 Å². The lowest BCUT2D eigenvalue weighted by Gasteiger charge is -2.47. The molecule has 0 aromatic rings. The highest BCUT2D eigenvalue weighted by atomic mass is 32.2. The van der Waals surface area contributed by atoms with Crippen molar-refractivity contribution in [2.75, 3.05) is 11.5 Å². The molecule has 2 unspecified atom stereocenters. The van der Waals surface area contributed by atoms with Gasteiger partial charge in [0.2, 0.25) is 0 Å². The summed E-state index contributed by atoms with van der Waals surface area (Å²) >= 11 is 0. The Hall–Kier alpha value is -0.140. The Balaban J connectivity index is 2.22. The van der Waals surface area contributed by atoms with Crippen molar-refractivity contribution in [1.82, 2.24) is 0 Å². The third kappa shape index (κ3) is 3.31. The van der Waals surface area contributed by atoms with Gasteiger partial charge in [-0.1, -0.05) is 19.8 Å². The molecule has 3 atom stereocenters. The van der Waals surface area contributed by atoms with Gasteiger partial charge in [-0.2, -0.15) is 8.42 Å². The largest absolute Gasteiger partial charge is 0.286 e. The van der Waals surface area contributed by atoms with E-state index in [-0.39, 0.29) is 0 Å². The second-order valence-electron chi connectivity index (χ2n) is 6.30. The van der Waals surface area contributed by atoms with Crippen molar-refractivity contribution in [1.29, 1.82) is 0 Å². The van der Waals surface area contributed by atoms with Gasteiger partial charge < -0.3 is 0 Å². The summed E-state index contributed by atoms with van der Waals surface area (Å²) in [6.07, 6.45) is 5.02. The molecule has 7 heteroatoms. The van der Waals surface area contributed by atoms with E-state index in [0.717, 1.165) is 19.3 Å². The summed E-state index contributed by atoms with van der Waals surface area (Å²) in [7, 11) is -7.70.